The summed E-state index contributed by atoms with van der Waals surface area (Å²) in [4.78, 5) is 19.2. The summed E-state index contributed by atoms with van der Waals surface area (Å²) in [6, 6.07) is 0. The molecule has 0 aromatic carbocycles. The number of amides is 1. The molecule has 0 bridgehead atoms. The van der Waals surface area contributed by atoms with Crippen molar-refractivity contribution in [2.24, 2.45) is 0 Å². The molecule has 170 valence electrons. The van der Waals surface area contributed by atoms with Crippen LogP contribution in [0.1, 0.15) is 90.1 Å². The largest absolute Gasteiger partial charge is 0.444 e. The second-order valence-electron chi connectivity index (χ2n) is 9.78. The summed E-state index contributed by atoms with van der Waals surface area (Å²) in [6.07, 6.45) is 6.99. The monoisotopic (exact) mass is 421 g/mol. The molecular formula is C23H39N3O4. The molecule has 0 saturated carbocycles. The highest BCUT2D eigenvalue weighted by atomic mass is 16.7. The molecule has 2 fully saturated rings. The molecule has 1 amide bonds. The quantitative estimate of drug-likeness (QED) is 0.668. The van der Waals surface area contributed by atoms with Gasteiger partial charge < -0.3 is 23.7 Å². The molecular weight excluding hydrogens is 382 g/mol. The van der Waals surface area contributed by atoms with Crippen LogP contribution in [0.15, 0.2) is 6.20 Å². The SMILES string of the molecule is CC(C)c1cn(CCOC2CCCCO2)c(C2CCN(C(=O)OC(C)(C)C)CC2)n1. The van der Waals surface area contributed by atoms with E-state index in [1.807, 2.05) is 25.7 Å². The van der Waals surface area contributed by atoms with E-state index >= 15 is 0 Å². The topological polar surface area (TPSA) is 65.8 Å². The fraction of sp³-hybridized carbons (Fsp3) is 0.826. The first-order valence-electron chi connectivity index (χ1n) is 11.5. The van der Waals surface area contributed by atoms with Gasteiger partial charge in [-0.15, -0.1) is 0 Å². The second-order valence-corrected chi connectivity index (χ2v) is 9.78. The number of carbonyl (C=O) groups is 1. The smallest absolute Gasteiger partial charge is 0.410 e. The maximum Gasteiger partial charge on any atom is 0.410 e. The molecule has 7 nitrogen and oxygen atoms in total. The third-order valence-electron chi connectivity index (χ3n) is 5.70. The molecule has 7 heteroatoms. The zero-order chi connectivity index (χ0) is 21.7. The van der Waals surface area contributed by atoms with Crippen LogP contribution in [0.2, 0.25) is 0 Å². The Bertz CT molecular complexity index is 681. The summed E-state index contributed by atoms with van der Waals surface area (Å²) >= 11 is 0. The van der Waals surface area contributed by atoms with Crippen LogP contribution in [0.4, 0.5) is 4.79 Å². The number of rotatable bonds is 6. The van der Waals surface area contributed by atoms with Gasteiger partial charge in [0.05, 0.1) is 12.3 Å². The number of nitrogens with zero attached hydrogens (tertiary/aromatic N) is 3. The third-order valence-corrected chi connectivity index (χ3v) is 5.70. The van der Waals surface area contributed by atoms with Gasteiger partial charge in [-0.25, -0.2) is 9.78 Å². The van der Waals surface area contributed by atoms with E-state index in [1.54, 1.807) is 0 Å². The Morgan fingerprint density at radius 3 is 2.57 bits per heavy atom. The van der Waals surface area contributed by atoms with Crippen molar-refractivity contribution in [1.29, 1.82) is 0 Å². The van der Waals surface area contributed by atoms with Crippen LogP contribution >= 0.6 is 0 Å². The molecule has 1 unspecified atom stereocenters. The summed E-state index contributed by atoms with van der Waals surface area (Å²) in [6.45, 7) is 13.7. The lowest BCUT2D eigenvalue weighted by Gasteiger charge is -2.33. The van der Waals surface area contributed by atoms with E-state index in [0.29, 0.717) is 31.5 Å². The van der Waals surface area contributed by atoms with Gasteiger partial charge in [-0.2, -0.15) is 0 Å². The summed E-state index contributed by atoms with van der Waals surface area (Å²) in [7, 11) is 0. The Morgan fingerprint density at radius 2 is 1.97 bits per heavy atom. The van der Waals surface area contributed by atoms with Gasteiger partial charge in [0.15, 0.2) is 6.29 Å². The lowest BCUT2D eigenvalue weighted by Crippen LogP contribution is -2.41. The first-order chi connectivity index (χ1) is 14.2. The molecule has 2 aliphatic heterocycles. The van der Waals surface area contributed by atoms with E-state index in [1.165, 1.54) is 6.42 Å². The number of hydrogen-bond donors (Lipinski definition) is 0. The molecule has 2 aliphatic rings. The Hall–Kier alpha value is -1.60. The minimum absolute atomic E-state index is 0.0626. The molecule has 3 heterocycles. The maximum absolute atomic E-state index is 12.4. The summed E-state index contributed by atoms with van der Waals surface area (Å²) in [5, 5.41) is 0. The second kappa shape index (κ2) is 10.1. The number of hydrogen-bond acceptors (Lipinski definition) is 5. The van der Waals surface area contributed by atoms with E-state index < -0.39 is 5.60 Å². The van der Waals surface area contributed by atoms with Gasteiger partial charge in [-0.1, -0.05) is 13.8 Å². The van der Waals surface area contributed by atoms with Gasteiger partial charge in [0.2, 0.25) is 0 Å². The number of imidazole rings is 1. The van der Waals surface area contributed by atoms with E-state index in [4.69, 9.17) is 19.2 Å². The van der Waals surface area contributed by atoms with Crippen LogP contribution in [0.25, 0.3) is 0 Å². The third kappa shape index (κ3) is 6.45. The summed E-state index contributed by atoms with van der Waals surface area (Å²) in [5.74, 6) is 1.85. The normalized spacial score (nSPS) is 21.3. The molecule has 3 rings (SSSR count). The van der Waals surface area contributed by atoms with E-state index in [-0.39, 0.29) is 12.4 Å². The molecule has 0 aliphatic carbocycles. The van der Waals surface area contributed by atoms with Gasteiger partial charge >= 0.3 is 6.09 Å². The minimum Gasteiger partial charge on any atom is -0.444 e. The van der Waals surface area contributed by atoms with Gasteiger partial charge in [0, 0.05) is 38.4 Å². The van der Waals surface area contributed by atoms with Crippen LogP contribution in [0.3, 0.4) is 0 Å². The van der Waals surface area contributed by atoms with Gasteiger partial charge in [-0.05, 0) is 58.8 Å². The van der Waals surface area contributed by atoms with Crippen LogP contribution in [-0.2, 0) is 20.8 Å². The van der Waals surface area contributed by atoms with Crippen LogP contribution in [-0.4, -0.2) is 58.7 Å². The number of likely N-dealkylation sites (tertiary alicyclic amines) is 1. The van der Waals surface area contributed by atoms with Crippen molar-refractivity contribution < 1.29 is 19.0 Å². The molecule has 1 aromatic heterocycles. The average Bonchev–Trinajstić information content (AvgIpc) is 3.12. The van der Waals surface area contributed by atoms with Gasteiger partial charge in [0.25, 0.3) is 0 Å². The number of piperidine rings is 1. The molecule has 0 spiro atoms. The Balaban J connectivity index is 1.58. The molecule has 30 heavy (non-hydrogen) atoms. The first kappa shape index (κ1) is 23.1. The van der Waals surface area contributed by atoms with Crippen LogP contribution in [0.5, 0.6) is 0 Å². The molecule has 1 atom stereocenters. The lowest BCUT2D eigenvalue weighted by molar-refractivity contribution is -0.163. The van der Waals surface area contributed by atoms with E-state index in [0.717, 1.165) is 50.4 Å². The van der Waals surface area contributed by atoms with Gasteiger partial charge in [0.1, 0.15) is 11.4 Å². The van der Waals surface area contributed by atoms with E-state index in [9.17, 15) is 4.79 Å². The highest BCUT2D eigenvalue weighted by molar-refractivity contribution is 5.68. The molecule has 0 radical (unpaired) electrons. The Kier molecular flexibility index (Phi) is 7.80. The van der Waals surface area contributed by atoms with Crippen molar-refractivity contribution in [3.8, 4) is 0 Å². The Morgan fingerprint density at radius 1 is 1.23 bits per heavy atom. The zero-order valence-electron chi connectivity index (χ0n) is 19.4. The zero-order valence-corrected chi connectivity index (χ0v) is 19.4. The average molecular weight is 422 g/mol. The Labute approximate surface area is 181 Å². The molecule has 0 N–H and O–H groups in total. The van der Waals surface area contributed by atoms with Crippen molar-refractivity contribution in [3.05, 3.63) is 17.7 Å². The number of ether oxygens (including phenoxy) is 3. The van der Waals surface area contributed by atoms with Crippen molar-refractivity contribution in [1.82, 2.24) is 14.5 Å². The highest BCUT2D eigenvalue weighted by Crippen LogP contribution is 2.30. The fourth-order valence-electron chi connectivity index (χ4n) is 4.01. The standard InChI is InChI=1S/C23H39N3O4/c1-17(2)19-16-26(13-15-29-20-8-6-7-14-28-20)21(24-19)18-9-11-25(12-10-18)22(27)30-23(3,4)5/h16-18,20H,6-15H2,1-5H3. The number of aromatic nitrogens is 2. The number of carbonyl (C=O) groups excluding carboxylic acids is 1. The van der Waals surface area contributed by atoms with Crippen molar-refractivity contribution >= 4 is 6.09 Å². The maximum atomic E-state index is 12.4. The fourth-order valence-corrected chi connectivity index (χ4v) is 4.01. The van der Waals surface area contributed by atoms with Crippen molar-refractivity contribution in [3.63, 3.8) is 0 Å². The minimum atomic E-state index is -0.460. The predicted molar refractivity (Wildman–Crippen MR) is 116 cm³/mol. The summed E-state index contributed by atoms with van der Waals surface area (Å²) in [5.41, 5.74) is 0.659. The van der Waals surface area contributed by atoms with E-state index in [2.05, 4.69) is 24.6 Å². The highest BCUT2D eigenvalue weighted by Gasteiger charge is 2.30. The van der Waals surface area contributed by atoms with Crippen LogP contribution < -0.4 is 0 Å². The summed E-state index contributed by atoms with van der Waals surface area (Å²) < 4.78 is 19.4. The first-order valence-corrected chi connectivity index (χ1v) is 11.5. The van der Waals surface area contributed by atoms with Gasteiger partial charge in [-0.3, -0.25) is 0 Å². The van der Waals surface area contributed by atoms with Crippen molar-refractivity contribution in [2.75, 3.05) is 26.3 Å². The molecule has 1 aromatic rings. The lowest BCUT2D eigenvalue weighted by atomic mass is 9.96. The molecule has 2 saturated heterocycles. The van der Waals surface area contributed by atoms with Crippen molar-refractivity contribution in [2.45, 2.75) is 97.0 Å². The predicted octanol–water partition coefficient (Wildman–Crippen LogP) is 4.66. The van der Waals surface area contributed by atoms with Crippen LogP contribution in [0, 0.1) is 0 Å².